The fourth-order valence-corrected chi connectivity index (χ4v) is 3.20. The Morgan fingerprint density at radius 1 is 1.46 bits per heavy atom. The lowest BCUT2D eigenvalue weighted by Crippen LogP contribution is -2.39. The summed E-state index contributed by atoms with van der Waals surface area (Å²) in [4.78, 5) is 30.6. The molecule has 0 spiro atoms. The normalized spacial score (nSPS) is 18.1. The molecule has 3 N–H and O–H groups in total. The monoisotopic (exact) mass is 328 g/mol. The number of piperidine rings is 1. The van der Waals surface area contributed by atoms with Gasteiger partial charge in [-0.2, -0.15) is 0 Å². The zero-order valence-electron chi connectivity index (χ0n) is 14.2. The maximum Gasteiger partial charge on any atom is 0.272 e. The molecule has 2 aromatic heterocycles. The Balaban J connectivity index is 1.77. The largest absolute Gasteiger partial charge is 0.368 e. The van der Waals surface area contributed by atoms with E-state index < -0.39 is 0 Å². The molecule has 1 amide bonds. The van der Waals surface area contributed by atoms with Crippen molar-refractivity contribution >= 4 is 11.9 Å². The summed E-state index contributed by atoms with van der Waals surface area (Å²) in [6.45, 7) is 5.60. The lowest BCUT2D eigenvalue weighted by molar-refractivity contribution is 0.0698. The summed E-state index contributed by atoms with van der Waals surface area (Å²) in [6.07, 6.45) is 6.33. The maximum absolute atomic E-state index is 12.9. The molecule has 7 heteroatoms. The van der Waals surface area contributed by atoms with Crippen LogP contribution >= 0.6 is 0 Å². The minimum Gasteiger partial charge on any atom is -0.368 e. The van der Waals surface area contributed by atoms with E-state index in [0.717, 1.165) is 37.3 Å². The highest BCUT2D eigenvalue weighted by Crippen LogP contribution is 2.25. The first-order valence-corrected chi connectivity index (χ1v) is 8.45. The Kier molecular flexibility index (Phi) is 4.78. The van der Waals surface area contributed by atoms with Crippen molar-refractivity contribution in [3.8, 4) is 0 Å². The van der Waals surface area contributed by atoms with Gasteiger partial charge >= 0.3 is 0 Å². The summed E-state index contributed by atoms with van der Waals surface area (Å²) >= 11 is 0. The molecule has 2 aromatic rings. The topological polar surface area (TPSA) is 101 Å². The van der Waals surface area contributed by atoms with E-state index in [2.05, 4.69) is 33.8 Å². The van der Waals surface area contributed by atoms with Crippen LogP contribution in [0.15, 0.2) is 18.5 Å². The van der Waals surface area contributed by atoms with Crippen LogP contribution in [0.5, 0.6) is 0 Å². The van der Waals surface area contributed by atoms with Crippen LogP contribution in [0.25, 0.3) is 0 Å². The van der Waals surface area contributed by atoms with Crippen LogP contribution in [-0.4, -0.2) is 43.8 Å². The van der Waals surface area contributed by atoms with Crippen molar-refractivity contribution in [2.75, 3.05) is 18.8 Å². The quantitative estimate of drug-likeness (QED) is 0.894. The van der Waals surface area contributed by atoms with Crippen molar-refractivity contribution < 1.29 is 4.79 Å². The SMILES string of the molecule is CC(C)Cc1cc(C(=O)N2CCC[C@H](c3ncc[nH]3)C2)nc(N)n1. The first-order valence-electron chi connectivity index (χ1n) is 8.45. The summed E-state index contributed by atoms with van der Waals surface area (Å²) < 4.78 is 0. The standard InChI is InChI=1S/C17H24N6O/c1-11(2)8-13-9-14(22-17(18)21-13)16(24)23-7-3-4-12(10-23)15-19-5-6-20-15/h5-6,9,11-12H,3-4,7-8,10H2,1-2H3,(H,19,20)(H2,18,21,22)/t12-/m0/s1. The van der Waals surface area contributed by atoms with Crippen LogP contribution in [-0.2, 0) is 6.42 Å². The molecule has 128 valence electrons. The molecule has 0 unspecified atom stereocenters. The molecule has 0 radical (unpaired) electrons. The van der Waals surface area contributed by atoms with Crippen LogP contribution in [0.4, 0.5) is 5.95 Å². The van der Waals surface area contributed by atoms with Gasteiger partial charge in [0.15, 0.2) is 0 Å². The van der Waals surface area contributed by atoms with E-state index in [9.17, 15) is 4.79 Å². The maximum atomic E-state index is 12.9. The van der Waals surface area contributed by atoms with Crippen LogP contribution in [0, 0.1) is 5.92 Å². The molecule has 0 aromatic carbocycles. The molecule has 7 nitrogen and oxygen atoms in total. The lowest BCUT2D eigenvalue weighted by atomic mass is 9.97. The Hall–Kier alpha value is -2.44. The second-order valence-corrected chi connectivity index (χ2v) is 6.77. The molecule has 3 rings (SSSR count). The Bertz CT molecular complexity index is 697. The number of anilines is 1. The van der Waals surface area contributed by atoms with E-state index >= 15 is 0 Å². The highest BCUT2D eigenvalue weighted by Gasteiger charge is 2.27. The molecule has 1 aliphatic heterocycles. The molecular formula is C17H24N6O. The average Bonchev–Trinajstić information content (AvgIpc) is 3.07. The smallest absolute Gasteiger partial charge is 0.272 e. The fraction of sp³-hybridized carbons (Fsp3) is 0.529. The van der Waals surface area contributed by atoms with Gasteiger partial charge in [-0.05, 0) is 31.2 Å². The molecular weight excluding hydrogens is 304 g/mol. The number of hydrogen-bond acceptors (Lipinski definition) is 5. The lowest BCUT2D eigenvalue weighted by Gasteiger charge is -2.31. The van der Waals surface area contributed by atoms with Gasteiger partial charge in [0, 0.05) is 37.1 Å². The van der Waals surface area contributed by atoms with Crippen LogP contribution in [0.2, 0.25) is 0 Å². The average molecular weight is 328 g/mol. The molecule has 1 atom stereocenters. The molecule has 1 aliphatic rings. The van der Waals surface area contributed by atoms with Gasteiger partial charge in [-0.25, -0.2) is 15.0 Å². The predicted molar refractivity (Wildman–Crippen MR) is 91.5 cm³/mol. The molecule has 0 saturated carbocycles. The second-order valence-electron chi connectivity index (χ2n) is 6.77. The first-order chi connectivity index (χ1) is 11.5. The van der Waals surface area contributed by atoms with Gasteiger partial charge in [0.25, 0.3) is 5.91 Å². The number of likely N-dealkylation sites (tertiary alicyclic amines) is 1. The minimum atomic E-state index is -0.0784. The first kappa shape index (κ1) is 16.4. The van der Waals surface area contributed by atoms with E-state index in [0.29, 0.717) is 18.2 Å². The van der Waals surface area contributed by atoms with Gasteiger partial charge in [0.1, 0.15) is 11.5 Å². The van der Waals surface area contributed by atoms with Gasteiger partial charge in [-0.15, -0.1) is 0 Å². The molecule has 0 bridgehead atoms. The number of nitrogens with two attached hydrogens (primary N) is 1. The number of carbonyl (C=O) groups excluding carboxylic acids is 1. The highest BCUT2D eigenvalue weighted by atomic mass is 16.2. The third-order valence-electron chi connectivity index (χ3n) is 4.25. The molecule has 24 heavy (non-hydrogen) atoms. The Labute approximate surface area is 141 Å². The Morgan fingerprint density at radius 3 is 3.00 bits per heavy atom. The number of hydrogen-bond donors (Lipinski definition) is 2. The van der Waals surface area contributed by atoms with E-state index in [1.165, 1.54) is 0 Å². The number of H-pyrrole nitrogens is 1. The zero-order valence-corrected chi connectivity index (χ0v) is 14.2. The number of carbonyl (C=O) groups is 1. The van der Waals surface area contributed by atoms with Crippen molar-refractivity contribution in [2.45, 2.75) is 39.0 Å². The van der Waals surface area contributed by atoms with E-state index in [1.54, 1.807) is 12.3 Å². The molecule has 0 aliphatic carbocycles. The summed E-state index contributed by atoms with van der Waals surface area (Å²) in [7, 11) is 0. The number of amides is 1. The number of aromatic nitrogens is 4. The third-order valence-corrected chi connectivity index (χ3v) is 4.25. The van der Waals surface area contributed by atoms with Gasteiger partial charge in [-0.1, -0.05) is 13.8 Å². The number of rotatable bonds is 4. The van der Waals surface area contributed by atoms with Crippen molar-refractivity contribution in [3.05, 3.63) is 35.7 Å². The summed E-state index contributed by atoms with van der Waals surface area (Å²) in [6, 6.07) is 1.77. The number of aromatic amines is 1. The third kappa shape index (κ3) is 3.72. The number of nitrogens with zero attached hydrogens (tertiary/aromatic N) is 4. The molecule has 1 saturated heterocycles. The van der Waals surface area contributed by atoms with Gasteiger partial charge in [0.05, 0.1) is 0 Å². The van der Waals surface area contributed by atoms with Crippen molar-refractivity contribution in [1.29, 1.82) is 0 Å². The molecule has 1 fully saturated rings. The van der Waals surface area contributed by atoms with Gasteiger partial charge in [-0.3, -0.25) is 4.79 Å². The van der Waals surface area contributed by atoms with Crippen LogP contribution in [0.1, 0.15) is 54.6 Å². The predicted octanol–water partition coefficient (Wildman–Crippen LogP) is 2.00. The van der Waals surface area contributed by atoms with Crippen LogP contribution < -0.4 is 5.73 Å². The fourth-order valence-electron chi connectivity index (χ4n) is 3.20. The van der Waals surface area contributed by atoms with Crippen molar-refractivity contribution in [2.24, 2.45) is 5.92 Å². The zero-order chi connectivity index (χ0) is 17.1. The van der Waals surface area contributed by atoms with Gasteiger partial charge in [0.2, 0.25) is 5.95 Å². The minimum absolute atomic E-state index is 0.0784. The van der Waals surface area contributed by atoms with Crippen molar-refractivity contribution in [3.63, 3.8) is 0 Å². The molecule has 3 heterocycles. The van der Waals surface area contributed by atoms with E-state index in [-0.39, 0.29) is 17.8 Å². The van der Waals surface area contributed by atoms with E-state index in [1.807, 2.05) is 11.1 Å². The summed E-state index contributed by atoms with van der Waals surface area (Å²) in [5.74, 6) is 1.71. The highest BCUT2D eigenvalue weighted by molar-refractivity contribution is 5.92. The van der Waals surface area contributed by atoms with Crippen molar-refractivity contribution in [1.82, 2.24) is 24.8 Å². The number of nitrogen functional groups attached to an aromatic ring is 1. The summed E-state index contributed by atoms with van der Waals surface area (Å²) in [5.41, 5.74) is 7.01. The second kappa shape index (κ2) is 6.98. The number of imidazole rings is 1. The van der Waals surface area contributed by atoms with Crippen LogP contribution in [0.3, 0.4) is 0 Å². The summed E-state index contributed by atoms with van der Waals surface area (Å²) in [5, 5.41) is 0. The van der Waals surface area contributed by atoms with Gasteiger partial charge < -0.3 is 15.6 Å². The number of nitrogens with one attached hydrogen (secondary N) is 1. The van der Waals surface area contributed by atoms with E-state index in [4.69, 9.17) is 5.73 Å². The Morgan fingerprint density at radius 2 is 2.29 bits per heavy atom.